The molecule has 0 spiro atoms. The van der Waals surface area contributed by atoms with Crippen LogP contribution in [0.4, 0.5) is 0 Å². The lowest BCUT2D eigenvalue weighted by atomic mass is 9.73. The Kier molecular flexibility index (Phi) is 11.5. The highest BCUT2D eigenvalue weighted by Crippen LogP contribution is 2.48. The molecule has 2 aromatic carbocycles. The van der Waals surface area contributed by atoms with E-state index in [-0.39, 0.29) is 36.5 Å². The van der Waals surface area contributed by atoms with Gasteiger partial charge in [0.2, 0.25) is 18.6 Å². The van der Waals surface area contributed by atoms with Gasteiger partial charge in [-0.1, -0.05) is 12.8 Å². The molecule has 0 bridgehead atoms. The molecule has 0 unspecified atom stereocenters. The molecule has 316 valence electrons. The van der Waals surface area contributed by atoms with Crippen molar-refractivity contribution in [2.45, 2.75) is 69.9 Å². The van der Waals surface area contributed by atoms with Gasteiger partial charge >= 0.3 is 0 Å². The first-order valence-electron chi connectivity index (χ1n) is 21.0. The van der Waals surface area contributed by atoms with E-state index < -0.39 is 11.9 Å². The van der Waals surface area contributed by atoms with Gasteiger partial charge in [-0.05, 0) is 93.2 Å². The lowest BCUT2D eigenvalue weighted by Crippen LogP contribution is -2.55. The smallest absolute Gasteiger partial charge is 0.255 e. The molecule has 16 heteroatoms. The Morgan fingerprint density at radius 2 is 1.75 bits per heavy atom. The minimum absolute atomic E-state index is 0.0457. The zero-order valence-electron chi connectivity index (χ0n) is 34.2. The number of ether oxygens (including phenoxy) is 5. The number of aromatic amines is 1. The van der Waals surface area contributed by atoms with E-state index >= 15 is 0 Å². The van der Waals surface area contributed by atoms with E-state index in [4.69, 9.17) is 28.8 Å². The SMILES string of the molecule is COc1ccc(C2=NN(C3CCN(C(=O)[C@@H](CCSC)NC(=O)c4c[nH]c5c(-c6c(OCC7CC7)ccc7c6OCO7)ncnc45)CC3)C(=O)[C@@H]3CCCC[C@H]23)cc1OC. The summed E-state index contributed by atoms with van der Waals surface area (Å²) in [6, 6.07) is 8.61. The fourth-order valence-electron chi connectivity index (χ4n) is 9.07. The second-order valence-electron chi connectivity index (χ2n) is 16.2. The molecule has 5 aliphatic rings. The molecule has 0 radical (unpaired) electrons. The lowest BCUT2D eigenvalue weighted by Gasteiger charge is -2.43. The van der Waals surface area contributed by atoms with Gasteiger partial charge in [0.05, 0.1) is 49.2 Å². The van der Waals surface area contributed by atoms with Crippen LogP contribution in [-0.2, 0) is 9.59 Å². The van der Waals surface area contributed by atoms with Crippen molar-refractivity contribution in [1.29, 1.82) is 0 Å². The summed E-state index contributed by atoms with van der Waals surface area (Å²) in [5.41, 5.74) is 4.25. The summed E-state index contributed by atoms with van der Waals surface area (Å²) in [4.78, 5) is 56.6. The Morgan fingerprint density at radius 3 is 2.52 bits per heavy atom. The van der Waals surface area contributed by atoms with Gasteiger partial charge in [-0.2, -0.15) is 16.9 Å². The van der Waals surface area contributed by atoms with E-state index in [1.807, 2.05) is 41.5 Å². The number of methoxy groups -OCH3 is 2. The number of fused-ring (bicyclic) bond motifs is 3. The highest BCUT2D eigenvalue weighted by atomic mass is 32.2. The van der Waals surface area contributed by atoms with Crippen molar-refractivity contribution >= 4 is 46.2 Å². The lowest BCUT2D eigenvalue weighted by molar-refractivity contribution is -0.143. The fraction of sp³-hybridized carbons (Fsp3) is 0.500. The number of aromatic nitrogens is 3. The first kappa shape index (κ1) is 39.9. The molecule has 3 aliphatic heterocycles. The van der Waals surface area contributed by atoms with E-state index in [9.17, 15) is 14.4 Å². The number of piperidine rings is 1. The number of nitrogens with zero attached hydrogens (tertiary/aromatic N) is 5. The summed E-state index contributed by atoms with van der Waals surface area (Å²) < 4.78 is 28.9. The number of nitrogens with one attached hydrogen (secondary N) is 2. The van der Waals surface area contributed by atoms with Gasteiger partial charge in [-0.25, -0.2) is 15.0 Å². The molecule has 3 atom stereocenters. The number of likely N-dealkylation sites (tertiary alicyclic amines) is 1. The van der Waals surface area contributed by atoms with E-state index in [1.54, 1.807) is 37.2 Å². The summed E-state index contributed by atoms with van der Waals surface area (Å²) in [7, 11) is 3.23. The zero-order chi connectivity index (χ0) is 41.3. The number of thioether (sulfide) groups is 1. The molecule has 2 aliphatic carbocycles. The third kappa shape index (κ3) is 7.69. The summed E-state index contributed by atoms with van der Waals surface area (Å²) in [5.74, 6) is 3.63. The third-order valence-electron chi connectivity index (χ3n) is 12.5. The number of hydrogen-bond acceptors (Lipinski definition) is 12. The maximum absolute atomic E-state index is 14.3. The zero-order valence-corrected chi connectivity index (χ0v) is 35.1. The average Bonchev–Trinajstić information content (AvgIpc) is 3.81. The Labute approximate surface area is 352 Å². The molecule has 1 saturated heterocycles. The monoisotopic (exact) mass is 837 g/mol. The molecule has 9 rings (SSSR count). The van der Waals surface area contributed by atoms with Gasteiger partial charge in [-0.3, -0.25) is 14.4 Å². The van der Waals surface area contributed by atoms with Crippen LogP contribution < -0.4 is 29.0 Å². The minimum Gasteiger partial charge on any atom is -0.493 e. The van der Waals surface area contributed by atoms with E-state index in [2.05, 4.69) is 20.3 Å². The number of benzene rings is 2. The van der Waals surface area contributed by atoms with Crippen LogP contribution in [0.2, 0.25) is 0 Å². The first-order chi connectivity index (χ1) is 29.4. The normalized spacial score (nSPS) is 20.7. The molecular formula is C44H51N7O8S. The van der Waals surface area contributed by atoms with Crippen LogP contribution in [0.25, 0.3) is 22.3 Å². The standard InChI is InChI=1S/C44H51N7O8S/c1-55-32-11-10-26(20-35(32)56-2)37-28-6-4-5-7-29(28)43(53)51(49-37)27-14-17-50(18-15-27)44(54)31(16-19-60-3)48-42(52)30-21-45-40-38(30)46-23-47-39(40)36-33(57-22-25-8-9-25)12-13-34-41(36)59-24-58-34/h10-13,20-21,23,25,27-29,31,45H,4-9,14-19,22,24H2,1-3H3,(H,48,52)/t28-,29+,31+/m0/s1. The van der Waals surface area contributed by atoms with Crippen molar-refractivity contribution in [3.8, 4) is 40.0 Å². The van der Waals surface area contributed by atoms with Crippen LogP contribution in [0.1, 0.15) is 73.7 Å². The van der Waals surface area contributed by atoms with Crippen LogP contribution in [0.5, 0.6) is 28.7 Å². The maximum atomic E-state index is 14.3. The number of hydrazone groups is 1. The van der Waals surface area contributed by atoms with Crippen LogP contribution in [0, 0.1) is 17.8 Å². The molecule has 5 heterocycles. The largest absolute Gasteiger partial charge is 0.493 e. The second-order valence-corrected chi connectivity index (χ2v) is 17.2. The summed E-state index contributed by atoms with van der Waals surface area (Å²) in [6.07, 6.45) is 12.7. The molecule has 60 heavy (non-hydrogen) atoms. The van der Waals surface area contributed by atoms with Crippen molar-refractivity contribution < 1.29 is 38.1 Å². The number of hydrogen-bond donors (Lipinski definition) is 2. The number of rotatable bonds is 14. The van der Waals surface area contributed by atoms with Gasteiger partial charge in [-0.15, -0.1) is 0 Å². The number of carbonyl (C=O) groups is 3. The van der Waals surface area contributed by atoms with Crippen LogP contribution in [-0.4, -0.2) is 113 Å². The molecule has 3 fully saturated rings. The Hall–Kier alpha value is -5.51. The first-order valence-corrected chi connectivity index (χ1v) is 22.4. The highest BCUT2D eigenvalue weighted by molar-refractivity contribution is 7.98. The second kappa shape index (κ2) is 17.2. The molecule has 15 nitrogen and oxygen atoms in total. The van der Waals surface area contributed by atoms with Crippen molar-refractivity contribution in [1.82, 2.24) is 30.2 Å². The molecule has 2 aromatic heterocycles. The van der Waals surface area contributed by atoms with Crippen LogP contribution in [0.3, 0.4) is 0 Å². The maximum Gasteiger partial charge on any atom is 0.255 e. The van der Waals surface area contributed by atoms with E-state index in [0.717, 1.165) is 49.8 Å². The molecule has 2 saturated carbocycles. The molecule has 2 N–H and O–H groups in total. The average molecular weight is 838 g/mol. The van der Waals surface area contributed by atoms with Crippen molar-refractivity contribution in [2.75, 3.05) is 52.7 Å². The van der Waals surface area contributed by atoms with Gasteiger partial charge in [0.1, 0.15) is 29.3 Å². The topological polar surface area (TPSA) is 170 Å². The molecule has 4 aromatic rings. The summed E-state index contributed by atoms with van der Waals surface area (Å²) in [5, 5.41) is 9.85. The number of carbonyl (C=O) groups excluding carboxylic acids is 3. The van der Waals surface area contributed by atoms with Crippen LogP contribution >= 0.6 is 11.8 Å². The highest BCUT2D eigenvalue weighted by Gasteiger charge is 2.44. The molecular weight excluding hydrogens is 787 g/mol. The van der Waals surface area contributed by atoms with Gasteiger partial charge in [0, 0.05) is 36.7 Å². The number of H-pyrrole nitrogens is 1. The third-order valence-corrected chi connectivity index (χ3v) is 13.2. The quantitative estimate of drug-likeness (QED) is 0.152. The van der Waals surface area contributed by atoms with Gasteiger partial charge in [0.25, 0.3) is 5.91 Å². The Bertz CT molecular complexity index is 2300. The van der Waals surface area contributed by atoms with Crippen LogP contribution in [0.15, 0.2) is 48.0 Å². The predicted octanol–water partition coefficient (Wildman–Crippen LogP) is 6.06. The van der Waals surface area contributed by atoms with Crippen molar-refractivity contribution in [3.05, 3.63) is 54.0 Å². The van der Waals surface area contributed by atoms with E-state index in [0.29, 0.717) is 107 Å². The Morgan fingerprint density at radius 1 is 0.967 bits per heavy atom. The van der Waals surface area contributed by atoms with Gasteiger partial charge < -0.3 is 38.9 Å². The van der Waals surface area contributed by atoms with Gasteiger partial charge in [0.15, 0.2) is 23.0 Å². The van der Waals surface area contributed by atoms with Crippen molar-refractivity contribution in [3.63, 3.8) is 0 Å². The Balaban J connectivity index is 0.916. The summed E-state index contributed by atoms with van der Waals surface area (Å²) in [6.45, 7) is 1.55. The fourth-order valence-corrected chi connectivity index (χ4v) is 9.54. The predicted molar refractivity (Wildman–Crippen MR) is 226 cm³/mol. The minimum atomic E-state index is -0.757. The molecule has 3 amide bonds. The number of amides is 3. The van der Waals surface area contributed by atoms with E-state index in [1.165, 1.54) is 6.33 Å². The summed E-state index contributed by atoms with van der Waals surface area (Å²) >= 11 is 1.62. The van der Waals surface area contributed by atoms with Crippen molar-refractivity contribution in [2.24, 2.45) is 22.9 Å².